The molecule has 1 aromatic rings. The van der Waals surface area contributed by atoms with Crippen LogP contribution in [0, 0.1) is 0 Å². The Morgan fingerprint density at radius 3 is 2.62 bits per heavy atom. The molecule has 1 N–H and O–H groups in total. The molecule has 0 radical (unpaired) electrons. The maximum atomic E-state index is 9.26. The van der Waals surface area contributed by atoms with Crippen molar-refractivity contribution in [1.29, 1.82) is 0 Å². The summed E-state index contributed by atoms with van der Waals surface area (Å²) in [6.07, 6.45) is 3.11. The molecule has 0 bridgehead atoms. The molecule has 0 spiro atoms. The minimum absolute atomic E-state index is 0.0625. The first kappa shape index (κ1) is 11.5. The summed E-state index contributed by atoms with van der Waals surface area (Å²) in [5.41, 5.74) is -0.414. The van der Waals surface area contributed by atoms with Crippen molar-refractivity contribution in [3.8, 4) is 0 Å². The Morgan fingerprint density at radius 2 is 2.19 bits per heavy atom. The average molecular weight is 225 g/mol. The van der Waals surface area contributed by atoms with Gasteiger partial charge in [0.05, 0.1) is 0 Å². The van der Waals surface area contributed by atoms with Crippen molar-refractivity contribution in [2.45, 2.75) is 51.4 Å². The molecule has 0 saturated heterocycles. The van der Waals surface area contributed by atoms with Crippen LogP contribution < -0.4 is 0 Å². The van der Waals surface area contributed by atoms with E-state index in [4.69, 9.17) is 4.74 Å². The van der Waals surface area contributed by atoms with Gasteiger partial charge in [-0.1, -0.05) is 6.92 Å². The van der Waals surface area contributed by atoms with Crippen LogP contribution in [0.15, 0.2) is 0 Å². The lowest BCUT2D eigenvalue weighted by Gasteiger charge is -2.26. The fourth-order valence-electron chi connectivity index (χ4n) is 1.90. The quantitative estimate of drug-likeness (QED) is 0.822. The van der Waals surface area contributed by atoms with Crippen molar-refractivity contribution >= 4 is 0 Å². The van der Waals surface area contributed by atoms with E-state index in [0.29, 0.717) is 11.9 Å². The van der Waals surface area contributed by atoms with Crippen LogP contribution in [0.25, 0.3) is 0 Å². The maximum absolute atomic E-state index is 9.26. The number of rotatable bonds is 5. The van der Waals surface area contributed by atoms with Gasteiger partial charge in [-0.25, -0.2) is 0 Å². The normalized spacial score (nSPS) is 19.8. The molecule has 1 aliphatic carbocycles. The summed E-state index contributed by atoms with van der Waals surface area (Å²) in [6, 6.07) is 0.452. The van der Waals surface area contributed by atoms with Gasteiger partial charge in [0.15, 0.2) is 11.6 Å². The highest BCUT2D eigenvalue weighted by atomic mass is 16.5. The van der Waals surface area contributed by atoms with E-state index in [2.05, 4.69) is 17.1 Å². The highest BCUT2D eigenvalue weighted by Gasteiger charge is 2.37. The zero-order chi connectivity index (χ0) is 11.8. The standard InChI is InChI=1S/C11H19N3O2/c1-4-11(2,16-3)10-13-12-9(7-15)14(10)8-5-6-8/h8,15H,4-7H2,1-3H3. The molecule has 1 fully saturated rings. The summed E-state index contributed by atoms with van der Waals surface area (Å²) < 4.78 is 7.59. The number of aliphatic hydroxyl groups is 1. The second-order valence-corrected chi connectivity index (χ2v) is 4.49. The van der Waals surface area contributed by atoms with Crippen LogP contribution in [0.3, 0.4) is 0 Å². The molecule has 1 heterocycles. The third-order valence-corrected chi connectivity index (χ3v) is 3.42. The summed E-state index contributed by atoms with van der Waals surface area (Å²) >= 11 is 0. The van der Waals surface area contributed by atoms with Gasteiger partial charge in [-0.2, -0.15) is 0 Å². The minimum atomic E-state index is -0.414. The largest absolute Gasteiger partial charge is 0.388 e. The third-order valence-electron chi connectivity index (χ3n) is 3.42. The van der Waals surface area contributed by atoms with Gasteiger partial charge in [0, 0.05) is 13.2 Å². The number of nitrogens with zero attached hydrogens (tertiary/aromatic N) is 3. The van der Waals surface area contributed by atoms with Crippen LogP contribution in [0.4, 0.5) is 0 Å². The maximum Gasteiger partial charge on any atom is 0.165 e. The lowest BCUT2D eigenvalue weighted by molar-refractivity contribution is -0.0124. The average Bonchev–Trinajstić information content (AvgIpc) is 3.07. The Kier molecular flexibility index (Phi) is 2.99. The molecule has 0 amide bonds. The van der Waals surface area contributed by atoms with E-state index in [1.807, 2.05) is 11.5 Å². The van der Waals surface area contributed by atoms with Crippen molar-refractivity contribution in [3.05, 3.63) is 11.6 Å². The molecule has 0 aromatic carbocycles. The van der Waals surface area contributed by atoms with E-state index in [-0.39, 0.29) is 6.61 Å². The lowest BCUT2D eigenvalue weighted by atomic mass is 10.0. The molecule has 5 heteroatoms. The molecule has 1 aliphatic rings. The molecular weight excluding hydrogens is 206 g/mol. The first-order valence-corrected chi connectivity index (χ1v) is 5.76. The van der Waals surface area contributed by atoms with E-state index in [0.717, 1.165) is 25.1 Å². The van der Waals surface area contributed by atoms with Gasteiger partial charge in [-0.05, 0) is 26.2 Å². The van der Waals surface area contributed by atoms with Crippen molar-refractivity contribution < 1.29 is 9.84 Å². The van der Waals surface area contributed by atoms with Crippen LogP contribution in [-0.4, -0.2) is 27.0 Å². The van der Waals surface area contributed by atoms with Gasteiger partial charge in [-0.3, -0.25) is 0 Å². The van der Waals surface area contributed by atoms with Gasteiger partial charge >= 0.3 is 0 Å². The number of methoxy groups -OCH3 is 1. The monoisotopic (exact) mass is 225 g/mol. The van der Waals surface area contributed by atoms with Crippen LogP contribution in [0.2, 0.25) is 0 Å². The van der Waals surface area contributed by atoms with Gasteiger partial charge in [0.1, 0.15) is 12.2 Å². The molecule has 2 rings (SSSR count). The molecule has 1 unspecified atom stereocenters. The van der Waals surface area contributed by atoms with E-state index in [1.165, 1.54) is 0 Å². The molecule has 90 valence electrons. The fraction of sp³-hybridized carbons (Fsp3) is 0.818. The first-order chi connectivity index (χ1) is 7.66. The van der Waals surface area contributed by atoms with Gasteiger partial charge in [0.25, 0.3) is 0 Å². The van der Waals surface area contributed by atoms with Crippen molar-refractivity contribution in [2.75, 3.05) is 7.11 Å². The second kappa shape index (κ2) is 4.14. The summed E-state index contributed by atoms with van der Waals surface area (Å²) in [7, 11) is 1.69. The van der Waals surface area contributed by atoms with E-state index in [9.17, 15) is 5.11 Å². The molecule has 5 nitrogen and oxygen atoms in total. The molecule has 1 saturated carbocycles. The Balaban J connectivity index is 2.43. The number of hydrogen-bond donors (Lipinski definition) is 1. The fourth-order valence-corrected chi connectivity index (χ4v) is 1.90. The third kappa shape index (κ3) is 1.74. The summed E-state index contributed by atoms with van der Waals surface area (Å²) in [6.45, 7) is 4.01. The Bertz CT molecular complexity index is 367. The van der Waals surface area contributed by atoms with Crippen LogP contribution in [-0.2, 0) is 16.9 Å². The van der Waals surface area contributed by atoms with Crippen molar-refractivity contribution in [3.63, 3.8) is 0 Å². The van der Waals surface area contributed by atoms with Crippen LogP contribution in [0.5, 0.6) is 0 Å². The Morgan fingerprint density at radius 1 is 1.50 bits per heavy atom. The van der Waals surface area contributed by atoms with E-state index >= 15 is 0 Å². The van der Waals surface area contributed by atoms with Crippen molar-refractivity contribution in [1.82, 2.24) is 14.8 Å². The number of aromatic nitrogens is 3. The SMILES string of the molecule is CCC(C)(OC)c1nnc(CO)n1C1CC1. The first-order valence-electron chi connectivity index (χ1n) is 5.76. The zero-order valence-corrected chi connectivity index (χ0v) is 10.1. The predicted octanol–water partition coefficient (Wildman–Crippen LogP) is 1.38. The van der Waals surface area contributed by atoms with Crippen LogP contribution >= 0.6 is 0 Å². The number of ether oxygens (including phenoxy) is 1. The molecule has 1 aromatic heterocycles. The smallest absolute Gasteiger partial charge is 0.165 e. The summed E-state index contributed by atoms with van der Waals surface area (Å²) in [4.78, 5) is 0. The zero-order valence-electron chi connectivity index (χ0n) is 10.1. The van der Waals surface area contributed by atoms with Crippen molar-refractivity contribution in [2.24, 2.45) is 0 Å². The van der Waals surface area contributed by atoms with Crippen LogP contribution in [0.1, 0.15) is 50.8 Å². The molecular formula is C11H19N3O2. The molecule has 1 atom stereocenters. The highest BCUT2D eigenvalue weighted by molar-refractivity contribution is 5.09. The molecule has 0 aliphatic heterocycles. The van der Waals surface area contributed by atoms with Gasteiger partial charge < -0.3 is 14.4 Å². The van der Waals surface area contributed by atoms with Gasteiger partial charge in [0.2, 0.25) is 0 Å². The summed E-state index contributed by atoms with van der Waals surface area (Å²) in [5.74, 6) is 1.48. The number of hydrogen-bond acceptors (Lipinski definition) is 4. The molecule has 16 heavy (non-hydrogen) atoms. The summed E-state index contributed by atoms with van der Waals surface area (Å²) in [5, 5.41) is 17.5. The van der Waals surface area contributed by atoms with E-state index < -0.39 is 5.60 Å². The minimum Gasteiger partial charge on any atom is -0.388 e. The number of aliphatic hydroxyl groups excluding tert-OH is 1. The Labute approximate surface area is 95.4 Å². The van der Waals surface area contributed by atoms with E-state index in [1.54, 1.807) is 7.11 Å². The topological polar surface area (TPSA) is 60.2 Å². The highest BCUT2D eigenvalue weighted by Crippen LogP contribution is 2.40. The second-order valence-electron chi connectivity index (χ2n) is 4.49. The van der Waals surface area contributed by atoms with Gasteiger partial charge in [-0.15, -0.1) is 10.2 Å². The Hall–Kier alpha value is -0.940. The lowest BCUT2D eigenvalue weighted by Crippen LogP contribution is -2.28. The predicted molar refractivity (Wildman–Crippen MR) is 58.9 cm³/mol.